The van der Waals surface area contributed by atoms with Gasteiger partial charge in [-0.3, -0.25) is 0 Å². The lowest BCUT2D eigenvalue weighted by molar-refractivity contribution is -0.345. The van der Waals surface area contributed by atoms with Crippen molar-refractivity contribution in [3.05, 3.63) is 35.5 Å². The van der Waals surface area contributed by atoms with Crippen LogP contribution in [0.25, 0.3) is 10.9 Å². The molecule has 0 aliphatic carbocycles. The number of carboxylic acids is 2. The highest BCUT2D eigenvalue weighted by Crippen LogP contribution is 2.23. The second kappa shape index (κ2) is 9.86. The zero-order chi connectivity index (χ0) is 21.6. The molecule has 0 radical (unpaired) electrons. The number of likely N-dealkylation sites (N-methyl/N-ethyl adjacent to an activating group) is 1. The molecule has 0 unspecified atom stereocenters. The van der Waals surface area contributed by atoms with Gasteiger partial charge in [0.2, 0.25) is 10.0 Å². The number of benzene rings is 1. The van der Waals surface area contributed by atoms with Gasteiger partial charge in [0.15, 0.2) is 0 Å². The van der Waals surface area contributed by atoms with Gasteiger partial charge in [0, 0.05) is 36.7 Å². The molecule has 1 fully saturated rings. The van der Waals surface area contributed by atoms with Crippen molar-refractivity contribution < 1.29 is 28.2 Å². The molecular weight excluding hydrogens is 398 g/mol. The lowest BCUT2D eigenvalue weighted by Crippen LogP contribution is -2.42. The van der Waals surface area contributed by atoms with E-state index in [1.165, 1.54) is 5.56 Å². The van der Waals surface area contributed by atoms with Gasteiger partial charge in [-0.1, -0.05) is 6.07 Å². The minimum absolute atomic E-state index is 0.0985. The van der Waals surface area contributed by atoms with Gasteiger partial charge in [0.05, 0.1) is 17.7 Å². The number of carbonyl (C=O) groups is 2. The smallest absolute Gasteiger partial charge is 0.218 e. The van der Waals surface area contributed by atoms with Gasteiger partial charge in [0.1, 0.15) is 0 Å². The number of carboxylic acid groups (broad SMARTS) is 2. The van der Waals surface area contributed by atoms with E-state index in [0.717, 1.165) is 42.3 Å². The Balaban J connectivity index is 0.000000438. The van der Waals surface area contributed by atoms with Crippen LogP contribution in [-0.2, 0) is 31.8 Å². The first kappa shape index (κ1) is 22.9. The van der Waals surface area contributed by atoms with Crippen molar-refractivity contribution in [1.29, 1.82) is 0 Å². The molecule has 1 saturated heterocycles. The maximum absolute atomic E-state index is 12.5. The van der Waals surface area contributed by atoms with Crippen LogP contribution in [0.4, 0.5) is 0 Å². The molecule has 160 valence electrons. The molecular formula is C19H25N3O6S-2. The molecule has 1 aliphatic rings. The lowest BCUT2D eigenvalue weighted by atomic mass is 10.1. The Morgan fingerprint density at radius 3 is 2.31 bits per heavy atom. The quantitative estimate of drug-likeness (QED) is 0.569. The van der Waals surface area contributed by atoms with Crippen molar-refractivity contribution in [1.82, 2.24) is 14.2 Å². The molecule has 1 aromatic heterocycles. The maximum atomic E-state index is 12.5. The largest absolute Gasteiger partial charge is 0.543 e. The zero-order valence-corrected chi connectivity index (χ0v) is 17.3. The van der Waals surface area contributed by atoms with E-state index in [9.17, 15) is 8.42 Å². The first-order valence-corrected chi connectivity index (χ1v) is 10.8. The van der Waals surface area contributed by atoms with Gasteiger partial charge >= 0.3 is 0 Å². The highest BCUT2D eigenvalue weighted by atomic mass is 32.2. The predicted octanol–water partition coefficient (Wildman–Crippen LogP) is -1.32. The first-order valence-electron chi connectivity index (χ1n) is 9.24. The number of carbonyl (C=O) groups excluding carboxylic acids is 2. The second-order valence-corrected chi connectivity index (χ2v) is 9.15. The van der Waals surface area contributed by atoms with Gasteiger partial charge < -0.3 is 29.7 Å². The number of hydrogen-bond donors (Lipinski definition) is 1. The van der Waals surface area contributed by atoms with Crippen molar-refractivity contribution in [2.45, 2.75) is 25.0 Å². The number of H-pyrrole nitrogens is 1. The van der Waals surface area contributed by atoms with Gasteiger partial charge in [-0.05, 0) is 56.6 Å². The number of nitrogens with one attached hydrogen (secondary N) is 1. The molecule has 10 heteroatoms. The summed E-state index contributed by atoms with van der Waals surface area (Å²) in [6.07, 6.45) is 4.94. The third-order valence-electron chi connectivity index (χ3n) is 4.63. The fraction of sp³-hybridized carbons (Fsp3) is 0.474. The van der Waals surface area contributed by atoms with Gasteiger partial charge in [-0.2, -0.15) is 0 Å². The van der Waals surface area contributed by atoms with E-state index in [4.69, 9.17) is 19.8 Å². The van der Waals surface area contributed by atoms with E-state index in [2.05, 4.69) is 24.0 Å². The summed E-state index contributed by atoms with van der Waals surface area (Å²) in [6, 6.07) is 5.94. The van der Waals surface area contributed by atoms with Crippen LogP contribution in [0.5, 0.6) is 0 Å². The van der Waals surface area contributed by atoms with Crippen molar-refractivity contribution >= 4 is 32.9 Å². The zero-order valence-electron chi connectivity index (χ0n) is 16.5. The third-order valence-corrected chi connectivity index (χ3v) is 6.48. The molecule has 0 atom stereocenters. The number of aromatic nitrogens is 1. The van der Waals surface area contributed by atoms with E-state index in [0.29, 0.717) is 13.1 Å². The average Bonchev–Trinajstić information content (AvgIpc) is 3.30. The number of fused-ring (bicyclic) bond motifs is 1. The summed E-state index contributed by atoms with van der Waals surface area (Å²) in [5, 5.41) is 19.0. The van der Waals surface area contributed by atoms with Crippen LogP contribution in [0.2, 0.25) is 0 Å². The minimum Gasteiger partial charge on any atom is -0.543 e. The summed E-state index contributed by atoms with van der Waals surface area (Å²) in [7, 11) is 0.928. The Morgan fingerprint density at radius 2 is 1.76 bits per heavy atom. The summed E-state index contributed by atoms with van der Waals surface area (Å²) in [5.74, 6) is -4.27. The molecule has 9 nitrogen and oxygen atoms in total. The monoisotopic (exact) mass is 423 g/mol. The number of rotatable bonds is 6. The summed E-state index contributed by atoms with van der Waals surface area (Å²) >= 11 is 0. The van der Waals surface area contributed by atoms with Crippen molar-refractivity contribution in [2.75, 3.05) is 33.7 Å². The Morgan fingerprint density at radius 1 is 1.14 bits per heavy atom. The number of sulfonamides is 1. The van der Waals surface area contributed by atoms with E-state index in [1.807, 2.05) is 24.4 Å². The Kier molecular flexibility index (Phi) is 7.77. The minimum atomic E-state index is -3.19. The summed E-state index contributed by atoms with van der Waals surface area (Å²) < 4.78 is 26.6. The average molecular weight is 423 g/mol. The van der Waals surface area contributed by atoms with Gasteiger partial charge in [0.25, 0.3) is 0 Å². The third kappa shape index (κ3) is 6.55. The molecule has 2 aromatic rings. The normalized spacial score (nSPS) is 14.7. The van der Waals surface area contributed by atoms with Crippen LogP contribution in [0.1, 0.15) is 24.0 Å². The standard InChI is InChI=1S/C17H25N3O2S.C2H2O4/c1-19(2)10-7-15-12-18-17-6-5-14(11-16(15)17)13-23(21,22)20-8-3-4-9-20;3-1(4)2(5)6/h5-6,11-12,18H,3-4,7-10,13H2,1-2H3;(H,3,4)(H,5,6)/p-2. The summed E-state index contributed by atoms with van der Waals surface area (Å²) in [4.78, 5) is 23.3. The van der Waals surface area contributed by atoms with Crippen LogP contribution in [0, 0.1) is 0 Å². The first-order chi connectivity index (χ1) is 13.6. The number of hydrogen-bond acceptors (Lipinski definition) is 7. The van der Waals surface area contributed by atoms with Crippen LogP contribution < -0.4 is 10.2 Å². The van der Waals surface area contributed by atoms with Crippen LogP contribution >= 0.6 is 0 Å². The SMILES string of the molecule is CN(C)CCc1c[nH]c2ccc(CS(=O)(=O)N3CCCC3)cc12.O=C([O-])C(=O)[O-]. The molecule has 3 rings (SSSR count). The predicted molar refractivity (Wildman–Crippen MR) is 104 cm³/mol. The number of aromatic amines is 1. The molecule has 0 bridgehead atoms. The van der Waals surface area contributed by atoms with E-state index in [-0.39, 0.29) is 5.75 Å². The van der Waals surface area contributed by atoms with E-state index >= 15 is 0 Å². The number of nitrogens with zero attached hydrogens (tertiary/aromatic N) is 2. The summed E-state index contributed by atoms with van der Waals surface area (Å²) in [5.41, 5.74) is 3.19. The Labute approximate surface area is 170 Å². The highest BCUT2D eigenvalue weighted by molar-refractivity contribution is 7.88. The highest BCUT2D eigenvalue weighted by Gasteiger charge is 2.25. The number of aliphatic carboxylic acids is 2. The molecule has 1 N–H and O–H groups in total. The molecule has 0 amide bonds. The van der Waals surface area contributed by atoms with Gasteiger partial charge in [-0.25, -0.2) is 12.7 Å². The lowest BCUT2D eigenvalue weighted by Gasteiger charge is -2.15. The van der Waals surface area contributed by atoms with Crippen LogP contribution in [0.3, 0.4) is 0 Å². The van der Waals surface area contributed by atoms with E-state index in [1.54, 1.807) is 4.31 Å². The topological polar surface area (TPSA) is 137 Å². The summed E-state index contributed by atoms with van der Waals surface area (Å²) in [6.45, 7) is 2.31. The van der Waals surface area contributed by atoms with Crippen molar-refractivity contribution in [3.8, 4) is 0 Å². The van der Waals surface area contributed by atoms with Crippen molar-refractivity contribution in [3.63, 3.8) is 0 Å². The Hall–Kier alpha value is -2.43. The molecule has 2 heterocycles. The van der Waals surface area contributed by atoms with E-state index < -0.39 is 22.0 Å². The van der Waals surface area contributed by atoms with Crippen molar-refractivity contribution in [2.24, 2.45) is 0 Å². The van der Waals surface area contributed by atoms with Crippen LogP contribution in [0.15, 0.2) is 24.4 Å². The molecule has 0 saturated carbocycles. The molecule has 29 heavy (non-hydrogen) atoms. The fourth-order valence-electron chi connectivity index (χ4n) is 3.13. The fourth-order valence-corrected chi connectivity index (χ4v) is 4.73. The Bertz CT molecular complexity index is 949. The van der Waals surface area contributed by atoms with Crippen LogP contribution in [-0.4, -0.2) is 68.3 Å². The molecule has 1 aliphatic heterocycles. The maximum Gasteiger partial charge on any atom is 0.218 e. The molecule has 0 spiro atoms. The van der Waals surface area contributed by atoms with Gasteiger partial charge in [-0.15, -0.1) is 0 Å². The molecule has 1 aromatic carbocycles. The second-order valence-electron chi connectivity index (χ2n) is 7.18.